The Kier molecular flexibility index (Phi) is 3.06. The Labute approximate surface area is 98.0 Å². The maximum Gasteiger partial charge on any atom is 0.302 e. The number of halogens is 1. The highest BCUT2D eigenvalue weighted by Gasteiger charge is 2.00. The molecule has 0 fully saturated rings. The number of benzene rings is 1. The summed E-state index contributed by atoms with van der Waals surface area (Å²) in [4.78, 5) is 14.9. The number of hydrogen-bond acceptors (Lipinski definition) is 3. The molecule has 82 valence electrons. The van der Waals surface area contributed by atoms with E-state index in [1.54, 1.807) is 6.07 Å². The van der Waals surface area contributed by atoms with E-state index >= 15 is 0 Å². The van der Waals surface area contributed by atoms with Crippen LogP contribution in [0, 0.1) is 0 Å². The second kappa shape index (κ2) is 4.49. The highest BCUT2D eigenvalue weighted by Crippen LogP contribution is 2.17. The standard InChI is InChI=1S/C12H10ClNO2/c1-8(15)16-7-9-2-3-10-4-5-12(13)14-11(10)6-9/h2-6H,7H2,1H3. The van der Waals surface area contributed by atoms with Crippen molar-refractivity contribution in [1.29, 1.82) is 0 Å². The molecule has 0 N–H and O–H groups in total. The van der Waals surface area contributed by atoms with Gasteiger partial charge in [-0.15, -0.1) is 0 Å². The predicted octanol–water partition coefficient (Wildman–Crippen LogP) is 2.95. The molecule has 0 aliphatic carbocycles. The van der Waals surface area contributed by atoms with Crippen molar-refractivity contribution in [3.05, 3.63) is 41.0 Å². The lowest BCUT2D eigenvalue weighted by Gasteiger charge is -2.03. The lowest BCUT2D eigenvalue weighted by atomic mass is 10.1. The van der Waals surface area contributed by atoms with Crippen molar-refractivity contribution in [1.82, 2.24) is 4.98 Å². The van der Waals surface area contributed by atoms with Crippen LogP contribution in [-0.4, -0.2) is 11.0 Å². The first-order valence-electron chi connectivity index (χ1n) is 4.84. The van der Waals surface area contributed by atoms with Crippen molar-refractivity contribution in [2.75, 3.05) is 0 Å². The maximum atomic E-state index is 10.7. The minimum atomic E-state index is -0.292. The Bertz CT molecular complexity index is 540. The highest BCUT2D eigenvalue weighted by molar-refractivity contribution is 6.29. The van der Waals surface area contributed by atoms with Gasteiger partial charge in [0.15, 0.2) is 0 Å². The topological polar surface area (TPSA) is 39.2 Å². The van der Waals surface area contributed by atoms with E-state index in [4.69, 9.17) is 16.3 Å². The molecule has 16 heavy (non-hydrogen) atoms. The minimum absolute atomic E-state index is 0.263. The van der Waals surface area contributed by atoms with Gasteiger partial charge in [0.2, 0.25) is 0 Å². The van der Waals surface area contributed by atoms with Gasteiger partial charge in [0, 0.05) is 12.3 Å². The number of fused-ring (bicyclic) bond motifs is 1. The predicted molar refractivity (Wildman–Crippen MR) is 62.2 cm³/mol. The molecule has 0 bridgehead atoms. The summed E-state index contributed by atoms with van der Waals surface area (Å²) in [6, 6.07) is 9.35. The molecule has 1 aromatic carbocycles. The molecular formula is C12H10ClNO2. The molecule has 0 saturated heterocycles. The Hall–Kier alpha value is -1.61. The molecule has 2 rings (SSSR count). The zero-order chi connectivity index (χ0) is 11.5. The lowest BCUT2D eigenvalue weighted by molar-refractivity contribution is -0.142. The fourth-order valence-electron chi connectivity index (χ4n) is 1.41. The Balaban J connectivity index is 2.31. The fourth-order valence-corrected chi connectivity index (χ4v) is 1.57. The SMILES string of the molecule is CC(=O)OCc1ccc2ccc(Cl)nc2c1. The number of carbonyl (C=O) groups is 1. The van der Waals surface area contributed by atoms with Crippen LogP contribution in [0.15, 0.2) is 30.3 Å². The number of ether oxygens (including phenoxy) is 1. The molecule has 0 atom stereocenters. The molecule has 4 heteroatoms. The number of pyridine rings is 1. The van der Waals surface area contributed by atoms with E-state index in [-0.39, 0.29) is 12.6 Å². The molecule has 0 aliphatic heterocycles. The highest BCUT2D eigenvalue weighted by atomic mass is 35.5. The Morgan fingerprint density at radius 1 is 1.38 bits per heavy atom. The number of nitrogens with zero attached hydrogens (tertiary/aromatic N) is 1. The first-order valence-corrected chi connectivity index (χ1v) is 5.21. The van der Waals surface area contributed by atoms with Crippen molar-refractivity contribution in [3.8, 4) is 0 Å². The van der Waals surface area contributed by atoms with Gasteiger partial charge in [-0.05, 0) is 23.8 Å². The molecule has 0 unspecified atom stereocenters. The third-order valence-electron chi connectivity index (χ3n) is 2.16. The third kappa shape index (κ3) is 2.49. The van der Waals surface area contributed by atoms with E-state index in [0.717, 1.165) is 16.5 Å². The maximum absolute atomic E-state index is 10.7. The Morgan fingerprint density at radius 3 is 2.88 bits per heavy atom. The average Bonchev–Trinajstić information content (AvgIpc) is 2.25. The van der Waals surface area contributed by atoms with Gasteiger partial charge in [0.05, 0.1) is 5.52 Å². The number of carbonyl (C=O) groups excluding carboxylic acids is 1. The first-order chi connectivity index (χ1) is 7.65. The van der Waals surface area contributed by atoms with Gasteiger partial charge in [0.25, 0.3) is 0 Å². The van der Waals surface area contributed by atoms with Crippen LogP contribution in [0.3, 0.4) is 0 Å². The van der Waals surface area contributed by atoms with Crippen molar-refractivity contribution >= 4 is 28.5 Å². The lowest BCUT2D eigenvalue weighted by Crippen LogP contribution is -1.98. The molecule has 1 aromatic heterocycles. The van der Waals surface area contributed by atoms with Crippen molar-refractivity contribution in [3.63, 3.8) is 0 Å². The van der Waals surface area contributed by atoms with Crippen LogP contribution in [0.25, 0.3) is 10.9 Å². The third-order valence-corrected chi connectivity index (χ3v) is 2.38. The fraction of sp³-hybridized carbons (Fsp3) is 0.167. The summed E-state index contributed by atoms with van der Waals surface area (Å²) in [6.07, 6.45) is 0. The van der Waals surface area contributed by atoms with Gasteiger partial charge >= 0.3 is 5.97 Å². The van der Waals surface area contributed by atoms with Crippen LogP contribution in [0.4, 0.5) is 0 Å². The second-order valence-corrected chi connectivity index (χ2v) is 3.83. The molecule has 1 heterocycles. The minimum Gasteiger partial charge on any atom is -0.461 e. The van der Waals surface area contributed by atoms with E-state index in [2.05, 4.69) is 4.98 Å². The van der Waals surface area contributed by atoms with Crippen LogP contribution < -0.4 is 0 Å². The zero-order valence-corrected chi connectivity index (χ0v) is 9.49. The van der Waals surface area contributed by atoms with Crippen molar-refractivity contribution < 1.29 is 9.53 Å². The van der Waals surface area contributed by atoms with E-state index in [1.165, 1.54) is 6.92 Å². The number of esters is 1. The van der Waals surface area contributed by atoms with Gasteiger partial charge in [-0.2, -0.15) is 0 Å². The zero-order valence-electron chi connectivity index (χ0n) is 8.74. The van der Waals surface area contributed by atoms with Gasteiger partial charge < -0.3 is 4.74 Å². The van der Waals surface area contributed by atoms with Gasteiger partial charge in [0.1, 0.15) is 11.8 Å². The second-order valence-electron chi connectivity index (χ2n) is 3.44. The van der Waals surface area contributed by atoms with Crippen LogP contribution in [0.1, 0.15) is 12.5 Å². The number of rotatable bonds is 2. The van der Waals surface area contributed by atoms with E-state index in [9.17, 15) is 4.79 Å². The summed E-state index contributed by atoms with van der Waals surface area (Å²) < 4.78 is 4.91. The molecule has 0 spiro atoms. The normalized spacial score (nSPS) is 10.4. The van der Waals surface area contributed by atoms with Crippen molar-refractivity contribution in [2.45, 2.75) is 13.5 Å². The van der Waals surface area contributed by atoms with E-state index in [0.29, 0.717) is 5.15 Å². The van der Waals surface area contributed by atoms with Crippen molar-refractivity contribution in [2.24, 2.45) is 0 Å². The van der Waals surface area contributed by atoms with Crippen LogP contribution in [-0.2, 0) is 16.1 Å². The summed E-state index contributed by atoms with van der Waals surface area (Å²) in [5, 5.41) is 1.47. The monoisotopic (exact) mass is 235 g/mol. The molecule has 0 aliphatic rings. The van der Waals surface area contributed by atoms with Gasteiger partial charge in [-0.1, -0.05) is 23.7 Å². The molecule has 0 amide bonds. The summed E-state index contributed by atoms with van der Waals surface area (Å²) in [7, 11) is 0. The largest absolute Gasteiger partial charge is 0.461 e. The Morgan fingerprint density at radius 2 is 2.12 bits per heavy atom. The molecule has 0 saturated carbocycles. The average molecular weight is 236 g/mol. The van der Waals surface area contributed by atoms with Gasteiger partial charge in [-0.25, -0.2) is 4.98 Å². The summed E-state index contributed by atoms with van der Waals surface area (Å²) in [5.41, 5.74) is 1.70. The quantitative estimate of drug-likeness (QED) is 0.594. The van der Waals surface area contributed by atoms with Crippen LogP contribution >= 0.6 is 11.6 Å². The summed E-state index contributed by atoms with van der Waals surface area (Å²) in [6.45, 7) is 1.65. The number of hydrogen-bond donors (Lipinski definition) is 0. The van der Waals surface area contributed by atoms with E-state index in [1.807, 2.05) is 24.3 Å². The van der Waals surface area contributed by atoms with Gasteiger partial charge in [-0.3, -0.25) is 4.79 Å². The molecule has 0 radical (unpaired) electrons. The summed E-state index contributed by atoms with van der Waals surface area (Å²) in [5.74, 6) is -0.292. The van der Waals surface area contributed by atoms with Crippen LogP contribution in [0.5, 0.6) is 0 Å². The first kappa shape index (κ1) is 10.9. The summed E-state index contributed by atoms with van der Waals surface area (Å²) >= 11 is 5.80. The molecule has 2 aromatic rings. The molecule has 3 nitrogen and oxygen atoms in total. The molecular weight excluding hydrogens is 226 g/mol. The van der Waals surface area contributed by atoms with Crippen LogP contribution in [0.2, 0.25) is 5.15 Å². The smallest absolute Gasteiger partial charge is 0.302 e. The van der Waals surface area contributed by atoms with E-state index < -0.39 is 0 Å². The number of aromatic nitrogens is 1.